The fraction of sp³-hybridized carbons (Fsp3) is 0.467. The van der Waals surface area contributed by atoms with E-state index in [9.17, 15) is 5.11 Å². The summed E-state index contributed by atoms with van der Waals surface area (Å²) in [6.07, 6.45) is 2.92. The minimum Gasteiger partial charge on any atom is -0.394 e. The summed E-state index contributed by atoms with van der Waals surface area (Å²) in [6, 6.07) is 7.78. The van der Waals surface area contributed by atoms with Crippen LogP contribution in [0.3, 0.4) is 0 Å². The highest BCUT2D eigenvalue weighted by atomic mass is 35.5. The van der Waals surface area contributed by atoms with Crippen molar-refractivity contribution in [2.24, 2.45) is 0 Å². The standard InChI is InChI=1S/C15H20ClN3OS/c1-11(12-3-5-13(16)6-4-12)15-17-14(7-10-21-2)18-19(15)8-9-20/h3-6,11,20H,7-10H2,1-2H3/t11-/m0/s1. The maximum Gasteiger partial charge on any atom is 0.151 e. The summed E-state index contributed by atoms with van der Waals surface area (Å²) in [7, 11) is 0. The van der Waals surface area contributed by atoms with E-state index >= 15 is 0 Å². The molecule has 0 aliphatic rings. The molecule has 6 heteroatoms. The number of aryl methyl sites for hydroxylation is 1. The van der Waals surface area contributed by atoms with Crippen LogP contribution in [-0.2, 0) is 13.0 Å². The van der Waals surface area contributed by atoms with Crippen molar-refractivity contribution in [2.45, 2.75) is 25.8 Å². The molecule has 4 nitrogen and oxygen atoms in total. The first-order valence-corrected chi connectivity index (χ1v) is 8.71. The van der Waals surface area contributed by atoms with Gasteiger partial charge in [-0.3, -0.25) is 0 Å². The van der Waals surface area contributed by atoms with Crippen LogP contribution in [0, 0.1) is 0 Å². The first kappa shape index (κ1) is 16.3. The Morgan fingerprint density at radius 1 is 1.33 bits per heavy atom. The zero-order valence-corrected chi connectivity index (χ0v) is 13.9. The van der Waals surface area contributed by atoms with Gasteiger partial charge in [-0.2, -0.15) is 16.9 Å². The molecule has 0 bridgehead atoms. The van der Waals surface area contributed by atoms with Crippen molar-refractivity contribution in [3.05, 3.63) is 46.5 Å². The maximum atomic E-state index is 9.21. The van der Waals surface area contributed by atoms with Crippen LogP contribution >= 0.6 is 23.4 Å². The Hall–Kier alpha value is -1.04. The summed E-state index contributed by atoms with van der Waals surface area (Å²) in [5, 5.41) is 14.4. The van der Waals surface area contributed by atoms with Gasteiger partial charge in [0, 0.05) is 23.1 Å². The number of nitrogens with zero attached hydrogens (tertiary/aromatic N) is 3. The lowest BCUT2D eigenvalue weighted by atomic mass is 10.0. The lowest BCUT2D eigenvalue weighted by Crippen LogP contribution is -2.12. The molecular weight excluding hydrogens is 306 g/mol. The molecule has 0 amide bonds. The second-order valence-electron chi connectivity index (χ2n) is 4.85. The van der Waals surface area contributed by atoms with E-state index in [-0.39, 0.29) is 12.5 Å². The number of aromatic nitrogens is 3. The molecule has 114 valence electrons. The average molecular weight is 326 g/mol. The summed E-state index contributed by atoms with van der Waals surface area (Å²) in [4.78, 5) is 4.66. The lowest BCUT2D eigenvalue weighted by molar-refractivity contribution is 0.266. The molecule has 0 aliphatic heterocycles. The fourth-order valence-corrected chi connectivity index (χ4v) is 2.69. The quantitative estimate of drug-likeness (QED) is 0.850. The topological polar surface area (TPSA) is 50.9 Å². The number of halogens is 1. The maximum absolute atomic E-state index is 9.21. The minimum absolute atomic E-state index is 0.0612. The van der Waals surface area contributed by atoms with Gasteiger partial charge in [-0.25, -0.2) is 9.67 Å². The first-order chi connectivity index (χ1) is 10.2. The smallest absolute Gasteiger partial charge is 0.151 e. The zero-order valence-electron chi connectivity index (χ0n) is 12.3. The molecule has 1 heterocycles. The molecule has 0 radical (unpaired) electrons. The number of aliphatic hydroxyl groups excluding tert-OH is 1. The third kappa shape index (κ3) is 4.22. The van der Waals surface area contributed by atoms with E-state index < -0.39 is 0 Å². The van der Waals surface area contributed by atoms with Crippen molar-refractivity contribution >= 4 is 23.4 Å². The molecule has 0 saturated carbocycles. The van der Waals surface area contributed by atoms with Gasteiger partial charge in [-0.05, 0) is 24.0 Å². The molecule has 2 rings (SSSR count). The molecule has 21 heavy (non-hydrogen) atoms. The van der Waals surface area contributed by atoms with E-state index in [2.05, 4.69) is 23.3 Å². The fourth-order valence-electron chi connectivity index (χ4n) is 2.18. The van der Waals surface area contributed by atoms with Gasteiger partial charge < -0.3 is 5.11 Å². The zero-order chi connectivity index (χ0) is 15.2. The highest BCUT2D eigenvalue weighted by Gasteiger charge is 2.17. The number of benzene rings is 1. The SMILES string of the molecule is CSCCc1nc([C@@H](C)c2ccc(Cl)cc2)n(CCO)n1. The molecule has 1 aromatic carbocycles. The molecule has 1 atom stereocenters. The van der Waals surface area contributed by atoms with Gasteiger partial charge in [-0.1, -0.05) is 30.7 Å². The Morgan fingerprint density at radius 2 is 2.05 bits per heavy atom. The Bertz CT molecular complexity index is 571. The Balaban J connectivity index is 2.27. The van der Waals surface area contributed by atoms with Gasteiger partial charge in [0.25, 0.3) is 0 Å². The van der Waals surface area contributed by atoms with Crippen LogP contribution < -0.4 is 0 Å². The first-order valence-electron chi connectivity index (χ1n) is 6.94. The monoisotopic (exact) mass is 325 g/mol. The third-order valence-corrected chi connectivity index (χ3v) is 4.21. The summed E-state index contributed by atoms with van der Waals surface area (Å²) in [6.45, 7) is 2.63. The number of hydrogen-bond donors (Lipinski definition) is 1. The highest BCUT2D eigenvalue weighted by molar-refractivity contribution is 7.98. The number of hydrogen-bond acceptors (Lipinski definition) is 4. The van der Waals surface area contributed by atoms with E-state index in [1.54, 1.807) is 11.8 Å². The van der Waals surface area contributed by atoms with Crippen molar-refractivity contribution in [1.82, 2.24) is 14.8 Å². The molecule has 1 N–H and O–H groups in total. The van der Waals surface area contributed by atoms with E-state index in [1.807, 2.05) is 28.9 Å². The van der Waals surface area contributed by atoms with Crippen LogP contribution in [0.2, 0.25) is 5.02 Å². The second-order valence-corrected chi connectivity index (χ2v) is 6.27. The predicted molar refractivity (Wildman–Crippen MR) is 88.2 cm³/mol. The van der Waals surface area contributed by atoms with Crippen molar-refractivity contribution in [1.29, 1.82) is 0 Å². The Kier molecular flexibility index (Phi) is 6.08. The largest absolute Gasteiger partial charge is 0.394 e. The van der Waals surface area contributed by atoms with Gasteiger partial charge in [0.15, 0.2) is 5.82 Å². The van der Waals surface area contributed by atoms with Gasteiger partial charge in [0.05, 0.1) is 13.2 Å². The van der Waals surface area contributed by atoms with Gasteiger partial charge >= 0.3 is 0 Å². The van der Waals surface area contributed by atoms with E-state index in [0.717, 1.165) is 34.4 Å². The summed E-state index contributed by atoms with van der Waals surface area (Å²) in [5.74, 6) is 2.85. The second kappa shape index (κ2) is 7.82. The van der Waals surface area contributed by atoms with Crippen LogP contribution in [-0.4, -0.2) is 38.5 Å². The van der Waals surface area contributed by atoms with Crippen LogP contribution in [0.15, 0.2) is 24.3 Å². The van der Waals surface area contributed by atoms with Gasteiger partial charge in [0.2, 0.25) is 0 Å². The molecule has 1 aromatic heterocycles. The van der Waals surface area contributed by atoms with Crippen molar-refractivity contribution in [3.8, 4) is 0 Å². The highest BCUT2D eigenvalue weighted by Crippen LogP contribution is 2.24. The number of aliphatic hydroxyl groups is 1. The van der Waals surface area contributed by atoms with Crippen molar-refractivity contribution in [2.75, 3.05) is 18.6 Å². The number of thioether (sulfide) groups is 1. The Morgan fingerprint density at radius 3 is 2.67 bits per heavy atom. The molecule has 0 spiro atoms. The lowest BCUT2D eigenvalue weighted by Gasteiger charge is -2.12. The van der Waals surface area contributed by atoms with Crippen molar-refractivity contribution < 1.29 is 5.11 Å². The number of rotatable bonds is 7. The van der Waals surface area contributed by atoms with Crippen LogP contribution in [0.25, 0.3) is 0 Å². The summed E-state index contributed by atoms with van der Waals surface area (Å²) < 4.78 is 1.81. The minimum atomic E-state index is 0.0612. The molecule has 0 unspecified atom stereocenters. The normalized spacial score (nSPS) is 12.6. The van der Waals surface area contributed by atoms with Gasteiger partial charge in [0.1, 0.15) is 5.82 Å². The molecule has 0 saturated heterocycles. The Labute approximate surface area is 134 Å². The van der Waals surface area contributed by atoms with Crippen molar-refractivity contribution in [3.63, 3.8) is 0 Å². The van der Waals surface area contributed by atoms with E-state index in [1.165, 1.54) is 0 Å². The van der Waals surface area contributed by atoms with Crippen LogP contribution in [0.4, 0.5) is 0 Å². The van der Waals surface area contributed by atoms with Crippen LogP contribution in [0.5, 0.6) is 0 Å². The average Bonchev–Trinajstić information content (AvgIpc) is 2.88. The third-order valence-electron chi connectivity index (χ3n) is 3.34. The summed E-state index contributed by atoms with van der Waals surface area (Å²) >= 11 is 7.71. The van der Waals surface area contributed by atoms with Gasteiger partial charge in [-0.15, -0.1) is 0 Å². The predicted octanol–water partition coefficient (Wildman–Crippen LogP) is 2.98. The van der Waals surface area contributed by atoms with Crippen LogP contribution in [0.1, 0.15) is 30.1 Å². The molecule has 2 aromatic rings. The molecule has 0 aliphatic carbocycles. The van der Waals surface area contributed by atoms with E-state index in [4.69, 9.17) is 11.6 Å². The molecular formula is C15H20ClN3OS. The molecule has 0 fully saturated rings. The van der Waals surface area contributed by atoms with E-state index in [0.29, 0.717) is 6.54 Å². The summed E-state index contributed by atoms with van der Waals surface area (Å²) in [5.41, 5.74) is 1.14.